The lowest BCUT2D eigenvalue weighted by Crippen LogP contribution is -2.06. The van der Waals surface area contributed by atoms with E-state index in [1.807, 2.05) is 0 Å². The molecule has 0 saturated carbocycles. The van der Waals surface area contributed by atoms with Gasteiger partial charge in [0.2, 0.25) is 0 Å². The van der Waals surface area contributed by atoms with E-state index in [4.69, 9.17) is 15.2 Å². The molecule has 1 atom stereocenters. The average Bonchev–Trinajstić information content (AvgIpc) is 2.57. The summed E-state index contributed by atoms with van der Waals surface area (Å²) >= 11 is 0. The Morgan fingerprint density at radius 3 is 3.00 bits per heavy atom. The molecule has 0 spiro atoms. The molecule has 0 aliphatic carbocycles. The van der Waals surface area contributed by atoms with E-state index in [1.165, 1.54) is 6.92 Å². The van der Waals surface area contributed by atoms with Crippen molar-refractivity contribution >= 4 is 17.6 Å². The molecule has 1 aromatic rings. The summed E-state index contributed by atoms with van der Waals surface area (Å²) in [6.45, 7) is 1.56. The number of benzene rings is 1. The van der Waals surface area contributed by atoms with Gasteiger partial charge in [-0.1, -0.05) is 12.1 Å². The SMILES string of the molecule is CC(=O)OCCC1OC(=O)c2c(N)cccc21. The highest BCUT2D eigenvalue weighted by atomic mass is 16.6. The second-order valence-corrected chi connectivity index (χ2v) is 3.83. The van der Waals surface area contributed by atoms with Gasteiger partial charge in [-0.25, -0.2) is 4.79 Å². The van der Waals surface area contributed by atoms with Gasteiger partial charge in [-0.3, -0.25) is 4.79 Å². The van der Waals surface area contributed by atoms with E-state index >= 15 is 0 Å². The maximum atomic E-state index is 11.6. The van der Waals surface area contributed by atoms with Crippen LogP contribution < -0.4 is 5.73 Å². The van der Waals surface area contributed by atoms with E-state index in [1.54, 1.807) is 18.2 Å². The number of cyclic esters (lactones) is 1. The maximum absolute atomic E-state index is 11.6. The van der Waals surface area contributed by atoms with Crippen molar-refractivity contribution in [2.45, 2.75) is 19.4 Å². The molecular weight excluding hydrogens is 222 g/mol. The summed E-state index contributed by atoms with van der Waals surface area (Å²) < 4.78 is 10.0. The van der Waals surface area contributed by atoms with Gasteiger partial charge in [0, 0.05) is 24.6 Å². The molecule has 0 amide bonds. The van der Waals surface area contributed by atoms with Crippen LogP contribution in [-0.4, -0.2) is 18.5 Å². The quantitative estimate of drug-likeness (QED) is 0.633. The van der Waals surface area contributed by atoms with Gasteiger partial charge in [0.05, 0.1) is 12.2 Å². The van der Waals surface area contributed by atoms with Crippen molar-refractivity contribution in [2.24, 2.45) is 0 Å². The highest BCUT2D eigenvalue weighted by Crippen LogP contribution is 2.35. The van der Waals surface area contributed by atoms with Gasteiger partial charge >= 0.3 is 11.9 Å². The average molecular weight is 235 g/mol. The van der Waals surface area contributed by atoms with E-state index < -0.39 is 5.97 Å². The Kier molecular flexibility index (Phi) is 2.99. The third kappa shape index (κ3) is 2.22. The van der Waals surface area contributed by atoms with Gasteiger partial charge in [0.25, 0.3) is 0 Å². The molecule has 1 aromatic carbocycles. The molecule has 0 aromatic heterocycles. The Morgan fingerprint density at radius 1 is 1.53 bits per heavy atom. The van der Waals surface area contributed by atoms with Crippen LogP contribution in [0.3, 0.4) is 0 Å². The summed E-state index contributed by atoms with van der Waals surface area (Å²) in [6.07, 6.45) is 0.0715. The van der Waals surface area contributed by atoms with Crippen molar-refractivity contribution in [3.05, 3.63) is 29.3 Å². The molecule has 0 bridgehead atoms. The lowest BCUT2D eigenvalue weighted by atomic mass is 10.0. The molecule has 1 unspecified atom stereocenters. The van der Waals surface area contributed by atoms with Gasteiger partial charge in [-0.15, -0.1) is 0 Å². The molecule has 0 fully saturated rings. The van der Waals surface area contributed by atoms with E-state index in [0.717, 1.165) is 5.56 Å². The van der Waals surface area contributed by atoms with Crippen LogP contribution >= 0.6 is 0 Å². The van der Waals surface area contributed by atoms with Gasteiger partial charge in [0.1, 0.15) is 6.10 Å². The molecule has 5 nitrogen and oxygen atoms in total. The molecule has 2 N–H and O–H groups in total. The van der Waals surface area contributed by atoms with Crippen molar-refractivity contribution in [1.29, 1.82) is 0 Å². The molecule has 0 saturated heterocycles. The maximum Gasteiger partial charge on any atom is 0.341 e. The van der Waals surface area contributed by atoms with Crippen LogP contribution in [0.25, 0.3) is 0 Å². The number of carbonyl (C=O) groups is 2. The molecule has 17 heavy (non-hydrogen) atoms. The summed E-state index contributed by atoms with van der Waals surface area (Å²) in [5, 5.41) is 0. The molecule has 5 heteroatoms. The molecule has 2 rings (SSSR count). The molecule has 0 radical (unpaired) electrons. The van der Waals surface area contributed by atoms with Gasteiger partial charge in [0.15, 0.2) is 0 Å². The second kappa shape index (κ2) is 4.45. The minimum atomic E-state index is -0.411. The fraction of sp³-hybridized carbons (Fsp3) is 0.333. The van der Waals surface area contributed by atoms with Gasteiger partial charge < -0.3 is 15.2 Å². The minimum absolute atomic E-state index is 0.224. The second-order valence-electron chi connectivity index (χ2n) is 3.83. The third-order valence-corrected chi connectivity index (χ3v) is 2.61. The van der Waals surface area contributed by atoms with Crippen LogP contribution in [-0.2, 0) is 14.3 Å². The fourth-order valence-electron chi connectivity index (χ4n) is 1.87. The summed E-state index contributed by atoms with van der Waals surface area (Å²) in [7, 11) is 0. The van der Waals surface area contributed by atoms with Crippen molar-refractivity contribution < 1.29 is 19.1 Å². The van der Waals surface area contributed by atoms with E-state index in [9.17, 15) is 9.59 Å². The Labute approximate surface area is 98.5 Å². The standard InChI is InChI=1S/C12H13NO4/c1-7(14)16-6-5-10-8-3-2-4-9(13)11(8)12(15)17-10/h2-4,10H,5-6,13H2,1H3. The first-order valence-corrected chi connectivity index (χ1v) is 5.32. The molecule has 1 aliphatic rings. The highest BCUT2D eigenvalue weighted by molar-refractivity contribution is 5.99. The van der Waals surface area contributed by atoms with Crippen LogP contribution in [0.5, 0.6) is 0 Å². The normalized spacial score (nSPS) is 17.5. The van der Waals surface area contributed by atoms with Crippen molar-refractivity contribution in [3.8, 4) is 0 Å². The number of rotatable bonds is 3. The first-order chi connectivity index (χ1) is 8.09. The van der Waals surface area contributed by atoms with Crippen LogP contribution in [0.15, 0.2) is 18.2 Å². The Bertz CT molecular complexity index is 470. The number of hydrogen-bond donors (Lipinski definition) is 1. The van der Waals surface area contributed by atoms with Gasteiger partial charge in [-0.05, 0) is 6.07 Å². The van der Waals surface area contributed by atoms with Crippen LogP contribution in [0.1, 0.15) is 35.4 Å². The van der Waals surface area contributed by atoms with Crippen molar-refractivity contribution in [3.63, 3.8) is 0 Å². The fourth-order valence-corrected chi connectivity index (χ4v) is 1.87. The molecule has 1 heterocycles. The summed E-state index contributed by atoms with van der Waals surface area (Å²) in [5.74, 6) is -0.756. The number of esters is 2. The van der Waals surface area contributed by atoms with E-state index in [0.29, 0.717) is 17.7 Å². The topological polar surface area (TPSA) is 78.6 Å². The molecule has 1 aliphatic heterocycles. The number of hydrogen-bond acceptors (Lipinski definition) is 5. The van der Waals surface area contributed by atoms with Crippen LogP contribution in [0.4, 0.5) is 5.69 Å². The zero-order valence-corrected chi connectivity index (χ0v) is 9.43. The number of ether oxygens (including phenoxy) is 2. The summed E-state index contributed by atoms with van der Waals surface area (Å²) in [5.41, 5.74) is 7.33. The van der Waals surface area contributed by atoms with Crippen molar-refractivity contribution in [2.75, 3.05) is 12.3 Å². The minimum Gasteiger partial charge on any atom is -0.466 e. The number of nitrogens with two attached hydrogens (primary N) is 1. The number of anilines is 1. The number of nitrogen functional groups attached to an aromatic ring is 1. The lowest BCUT2D eigenvalue weighted by molar-refractivity contribution is -0.141. The highest BCUT2D eigenvalue weighted by Gasteiger charge is 2.32. The third-order valence-electron chi connectivity index (χ3n) is 2.61. The first-order valence-electron chi connectivity index (χ1n) is 5.32. The van der Waals surface area contributed by atoms with Crippen LogP contribution in [0, 0.1) is 0 Å². The van der Waals surface area contributed by atoms with Crippen LogP contribution in [0.2, 0.25) is 0 Å². The zero-order chi connectivity index (χ0) is 12.4. The number of carbonyl (C=O) groups excluding carboxylic acids is 2. The number of fused-ring (bicyclic) bond motifs is 1. The Morgan fingerprint density at radius 2 is 2.29 bits per heavy atom. The predicted octanol–water partition coefficient (Wildman–Crippen LogP) is 1.43. The smallest absolute Gasteiger partial charge is 0.341 e. The Hall–Kier alpha value is -2.04. The molecule has 90 valence electrons. The summed E-state index contributed by atoms with van der Waals surface area (Å²) in [6, 6.07) is 5.23. The monoisotopic (exact) mass is 235 g/mol. The Balaban J connectivity index is 2.12. The van der Waals surface area contributed by atoms with E-state index in [-0.39, 0.29) is 18.7 Å². The molecular formula is C12H13NO4. The first kappa shape index (κ1) is 11.4. The summed E-state index contributed by atoms with van der Waals surface area (Å²) in [4.78, 5) is 22.2. The zero-order valence-electron chi connectivity index (χ0n) is 9.43. The van der Waals surface area contributed by atoms with Gasteiger partial charge in [-0.2, -0.15) is 0 Å². The van der Waals surface area contributed by atoms with Crippen molar-refractivity contribution in [1.82, 2.24) is 0 Å². The lowest BCUT2D eigenvalue weighted by Gasteiger charge is -2.10. The largest absolute Gasteiger partial charge is 0.466 e. The predicted molar refractivity (Wildman–Crippen MR) is 60.3 cm³/mol. The van der Waals surface area contributed by atoms with E-state index in [2.05, 4.69) is 0 Å².